The van der Waals surface area contributed by atoms with Gasteiger partial charge in [-0.25, -0.2) is 4.39 Å². The van der Waals surface area contributed by atoms with Gasteiger partial charge in [-0.15, -0.1) is 10.2 Å². The van der Waals surface area contributed by atoms with Gasteiger partial charge in [-0.2, -0.15) is 0 Å². The summed E-state index contributed by atoms with van der Waals surface area (Å²) in [5.41, 5.74) is 2.92. The Morgan fingerprint density at radius 3 is 2.74 bits per heavy atom. The maximum Gasteiger partial charge on any atom is 0.277 e. The second-order valence-electron chi connectivity index (χ2n) is 5.04. The Morgan fingerprint density at radius 2 is 1.87 bits per heavy atom. The van der Waals surface area contributed by atoms with Gasteiger partial charge in [0.15, 0.2) is 0 Å². The highest BCUT2D eigenvalue weighted by molar-refractivity contribution is 7.98. The fraction of sp³-hybridized carbons (Fsp3) is 0.0588. The number of fused-ring (bicyclic) bond motifs is 1. The minimum absolute atomic E-state index is 0.238. The fourth-order valence-corrected chi connectivity index (χ4v) is 3.07. The van der Waals surface area contributed by atoms with E-state index in [9.17, 15) is 4.39 Å². The van der Waals surface area contributed by atoms with Crippen LogP contribution in [-0.4, -0.2) is 15.2 Å². The Labute approximate surface area is 135 Å². The minimum atomic E-state index is -0.238. The van der Waals surface area contributed by atoms with Gasteiger partial charge in [0.2, 0.25) is 0 Å². The largest absolute Gasteiger partial charge is 0.411 e. The van der Waals surface area contributed by atoms with Gasteiger partial charge in [-0.3, -0.25) is 0 Å². The molecule has 2 aromatic heterocycles. The molecule has 0 spiro atoms. The average Bonchev–Trinajstić information content (AvgIpc) is 3.20. The predicted octanol–water partition coefficient (Wildman–Crippen LogP) is 4.65. The number of aromatic amines is 1. The van der Waals surface area contributed by atoms with Crippen LogP contribution in [0.5, 0.6) is 0 Å². The van der Waals surface area contributed by atoms with Crippen molar-refractivity contribution in [2.24, 2.45) is 0 Å². The van der Waals surface area contributed by atoms with Gasteiger partial charge in [-0.05, 0) is 23.8 Å². The molecular formula is C17H12FN3OS. The van der Waals surface area contributed by atoms with E-state index in [0.29, 0.717) is 16.9 Å². The van der Waals surface area contributed by atoms with Crippen molar-refractivity contribution in [2.45, 2.75) is 11.0 Å². The van der Waals surface area contributed by atoms with E-state index in [4.69, 9.17) is 4.42 Å². The summed E-state index contributed by atoms with van der Waals surface area (Å²) in [6, 6.07) is 14.3. The molecule has 4 rings (SSSR count). The first-order valence-corrected chi connectivity index (χ1v) is 8.05. The van der Waals surface area contributed by atoms with E-state index in [2.05, 4.69) is 15.2 Å². The highest BCUT2D eigenvalue weighted by atomic mass is 32.2. The zero-order valence-electron chi connectivity index (χ0n) is 12.0. The normalized spacial score (nSPS) is 11.2. The number of nitrogens with one attached hydrogen (secondary N) is 1. The quantitative estimate of drug-likeness (QED) is 0.555. The maximum atomic E-state index is 12.9. The molecule has 0 saturated carbocycles. The van der Waals surface area contributed by atoms with Crippen molar-refractivity contribution in [3.63, 3.8) is 0 Å². The topological polar surface area (TPSA) is 54.7 Å². The Bertz CT molecular complexity index is 946. The van der Waals surface area contributed by atoms with Crippen LogP contribution in [0.2, 0.25) is 0 Å². The van der Waals surface area contributed by atoms with Crippen LogP contribution in [0, 0.1) is 5.82 Å². The number of rotatable bonds is 4. The molecule has 1 N–H and O–H groups in total. The monoisotopic (exact) mass is 325 g/mol. The SMILES string of the molecule is Fc1ccc(CSc2nnc(-c3c[nH]c4ccccc34)o2)cc1. The molecule has 6 heteroatoms. The highest BCUT2D eigenvalue weighted by Gasteiger charge is 2.13. The summed E-state index contributed by atoms with van der Waals surface area (Å²) in [5.74, 6) is 0.901. The van der Waals surface area contributed by atoms with E-state index >= 15 is 0 Å². The Morgan fingerprint density at radius 1 is 1.04 bits per heavy atom. The number of nitrogens with zero attached hydrogens (tertiary/aromatic N) is 2. The zero-order chi connectivity index (χ0) is 15.6. The predicted molar refractivity (Wildman–Crippen MR) is 87.6 cm³/mol. The molecule has 0 aliphatic rings. The van der Waals surface area contributed by atoms with E-state index in [1.54, 1.807) is 12.1 Å². The molecule has 4 aromatic rings. The van der Waals surface area contributed by atoms with Crippen LogP contribution in [0.4, 0.5) is 4.39 Å². The third-order valence-electron chi connectivity index (χ3n) is 3.50. The molecule has 0 fully saturated rings. The van der Waals surface area contributed by atoms with Crippen LogP contribution < -0.4 is 0 Å². The number of aromatic nitrogens is 3. The molecule has 0 unspecified atom stereocenters. The van der Waals surface area contributed by atoms with Crippen LogP contribution >= 0.6 is 11.8 Å². The van der Waals surface area contributed by atoms with Crippen LogP contribution in [0.25, 0.3) is 22.4 Å². The second kappa shape index (κ2) is 5.89. The van der Waals surface area contributed by atoms with Gasteiger partial charge in [-0.1, -0.05) is 42.1 Å². The van der Waals surface area contributed by atoms with Gasteiger partial charge >= 0.3 is 0 Å². The summed E-state index contributed by atoms with van der Waals surface area (Å²) in [4.78, 5) is 3.19. The third-order valence-corrected chi connectivity index (χ3v) is 4.39. The molecule has 0 aliphatic heterocycles. The summed E-state index contributed by atoms with van der Waals surface area (Å²) >= 11 is 1.43. The van der Waals surface area contributed by atoms with Gasteiger partial charge in [0.05, 0.1) is 5.56 Å². The number of halogens is 1. The van der Waals surface area contributed by atoms with Crippen molar-refractivity contribution in [1.82, 2.24) is 15.2 Å². The molecule has 0 bridgehead atoms. The average molecular weight is 325 g/mol. The van der Waals surface area contributed by atoms with Gasteiger partial charge in [0, 0.05) is 22.9 Å². The van der Waals surface area contributed by atoms with Crippen molar-refractivity contribution in [1.29, 1.82) is 0 Å². The number of benzene rings is 2. The van der Waals surface area contributed by atoms with E-state index in [-0.39, 0.29) is 5.82 Å². The van der Waals surface area contributed by atoms with Crippen LogP contribution in [0.3, 0.4) is 0 Å². The fourth-order valence-electron chi connectivity index (χ4n) is 2.35. The molecule has 0 radical (unpaired) electrons. The number of thioether (sulfide) groups is 1. The summed E-state index contributed by atoms with van der Waals surface area (Å²) < 4.78 is 18.6. The molecule has 0 saturated heterocycles. The number of H-pyrrole nitrogens is 1. The number of hydrogen-bond acceptors (Lipinski definition) is 4. The molecule has 0 atom stereocenters. The lowest BCUT2D eigenvalue weighted by Crippen LogP contribution is -1.81. The van der Waals surface area contributed by atoms with Gasteiger partial charge < -0.3 is 9.40 Å². The number of para-hydroxylation sites is 1. The van der Waals surface area contributed by atoms with E-state index < -0.39 is 0 Å². The summed E-state index contributed by atoms with van der Waals surface area (Å²) in [7, 11) is 0. The Hall–Kier alpha value is -2.60. The number of hydrogen-bond donors (Lipinski definition) is 1. The molecule has 0 amide bonds. The molecule has 23 heavy (non-hydrogen) atoms. The Balaban J connectivity index is 1.53. The summed E-state index contributed by atoms with van der Waals surface area (Å²) in [6.07, 6.45) is 1.87. The van der Waals surface area contributed by atoms with Gasteiger partial charge in [0.1, 0.15) is 5.82 Å². The molecule has 0 aliphatic carbocycles. The third kappa shape index (κ3) is 2.85. The molecular weight excluding hydrogens is 313 g/mol. The lowest BCUT2D eigenvalue weighted by atomic mass is 10.2. The van der Waals surface area contributed by atoms with Crippen molar-refractivity contribution >= 4 is 22.7 Å². The molecule has 2 aromatic carbocycles. The van der Waals surface area contributed by atoms with Crippen molar-refractivity contribution in [3.05, 3.63) is 66.1 Å². The molecule has 114 valence electrons. The second-order valence-corrected chi connectivity index (χ2v) is 5.96. The first kappa shape index (κ1) is 14.0. The summed E-state index contributed by atoms with van der Waals surface area (Å²) in [5, 5.41) is 9.73. The highest BCUT2D eigenvalue weighted by Crippen LogP contribution is 2.30. The Kier molecular flexibility index (Phi) is 3.59. The van der Waals surface area contributed by atoms with E-state index in [0.717, 1.165) is 22.0 Å². The van der Waals surface area contributed by atoms with Crippen molar-refractivity contribution in [2.75, 3.05) is 0 Å². The smallest absolute Gasteiger partial charge is 0.277 e. The van der Waals surface area contributed by atoms with Gasteiger partial charge in [0.25, 0.3) is 11.1 Å². The van der Waals surface area contributed by atoms with Crippen molar-refractivity contribution in [3.8, 4) is 11.5 Å². The zero-order valence-corrected chi connectivity index (χ0v) is 12.8. The van der Waals surface area contributed by atoms with Crippen molar-refractivity contribution < 1.29 is 8.81 Å². The van der Waals surface area contributed by atoms with E-state index in [1.165, 1.54) is 23.9 Å². The first-order valence-electron chi connectivity index (χ1n) is 7.07. The standard InChI is InChI=1S/C17H12FN3OS/c18-12-7-5-11(6-8-12)10-23-17-21-20-16(22-17)14-9-19-15-4-2-1-3-13(14)15/h1-9,19H,10H2. The van der Waals surface area contributed by atoms with Crippen LogP contribution in [-0.2, 0) is 5.75 Å². The molecule has 4 nitrogen and oxygen atoms in total. The lowest BCUT2D eigenvalue weighted by molar-refractivity contribution is 0.466. The first-order chi connectivity index (χ1) is 11.3. The molecule has 2 heterocycles. The van der Waals surface area contributed by atoms with E-state index in [1.807, 2.05) is 30.5 Å². The maximum absolute atomic E-state index is 12.9. The summed E-state index contributed by atoms with van der Waals surface area (Å²) in [6.45, 7) is 0. The van der Waals surface area contributed by atoms with Crippen LogP contribution in [0.1, 0.15) is 5.56 Å². The lowest BCUT2D eigenvalue weighted by Gasteiger charge is -1.97. The van der Waals surface area contributed by atoms with Crippen LogP contribution in [0.15, 0.2) is 64.4 Å². The minimum Gasteiger partial charge on any atom is -0.411 e.